The summed E-state index contributed by atoms with van der Waals surface area (Å²) in [6.45, 7) is -0.257. The zero-order valence-electron chi connectivity index (χ0n) is 12.9. The summed E-state index contributed by atoms with van der Waals surface area (Å²) in [7, 11) is 1.20. The molecular formula is C15H13F4N3O3. The van der Waals surface area contributed by atoms with Crippen molar-refractivity contribution in [2.45, 2.75) is 12.6 Å². The summed E-state index contributed by atoms with van der Waals surface area (Å²) in [6, 6.07) is 4.13. The molecule has 1 N–H and O–H groups in total. The fourth-order valence-electron chi connectivity index (χ4n) is 2.13. The van der Waals surface area contributed by atoms with Gasteiger partial charge in [0.05, 0.1) is 23.9 Å². The largest absolute Gasteiger partial charge is 0.481 e. The number of halogens is 4. The molecule has 0 unspecified atom stereocenters. The number of aliphatic carboxylic acids is 1. The van der Waals surface area contributed by atoms with E-state index in [0.717, 1.165) is 35.4 Å². The number of alkyl halides is 3. The molecule has 134 valence electrons. The summed E-state index contributed by atoms with van der Waals surface area (Å²) < 4.78 is 53.8. The van der Waals surface area contributed by atoms with E-state index in [-0.39, 0.29) is 12.2 Å². The number of carbonyl (C=O) groups excluding carboxylic acids is 1. The van der Waals surface area contributed by atoms with Gasteiger partial charge < -0.3 is 10.0 Å². The Morgan fingerprint density at radius 1 is 1.24 bits per heavy atom. The van der Waals surface area contributed by atoms with Crippen LogP contribution in [-0.2, 0) is 11.0 Å². The Labute approximate surface area is 139 Å². The van der Waals surface area contributed by atoms with Crippen LogP contribution in [0.4, 0.5) is 17.6 Å². The molecule has 1 amide bonds. The summed E-state index contributed by atoms with van der Waals surface area (Å²) in [5.74, 6) is -2.83. The maximum absolute atomic E-state index is 13.4. The minimum atomic E-state index is -4.90. The predicted molar refractivity (Wildman–Crippen MR) is 77.7 cm³/mol. The van der Waals surface area contributed by atoms with E-state index in [9.17, 15) is 27.2 Å². The third-order valence-corrected chi connectivity index (χ3v) is 3.35. The van der Waals surface area contributed by atoms with Gasteiger partial charge in [0.2, 0.25) is 0 Å². The van der Waals surface area contributed by atoms with E-state index in [4.69, 9.17) is 5.11 Å². The van der Waals surface area contributed by atoms with Crippen molar-refractivity contribution in [3.8, 4) is 5.69 Å². The lowest BCUT2D eigenvalue weighted by Crippen LogP contribution is -2.31. The van der Waals surface area contributed by atoms with E-state index in [1.165, 1.54) is 7.05 Å². The first-order chi connectivity index (χ1) is 11.6. The van der Waals surface area contributed by atoms with Crippen LogP contribution in [0, 0.1) is 5.82 Å². The average Bonchev–Trinajstić information content (AvgIpc) is 2.97. The molecule has 2 aromatic rings. The van der Waals surface area contributed by atoms with Gasteiger partial charge in [0.25, 0.3) is 5.91 Å². The Morgan fingerprint density at radius 3 is 2.36 bits per heavy atom. The fourth-order valence-corrected chi connectivity index (χ4v) is 2.13. The van der Waals surface area contributed by atoms with E-state index in [1.807, 2.05) is 0 Å². The van der Waals surface area contributed by atoms with E-state index in [2.05, 4.69) is 5.10 Å². The van der Waals surface area contributed by atoms with E-state index in [0.29, 0.717) is 4.68 Å². The molecule has 0 spiro atoms. The van der Waals surface area contributed by atoms with Gasteiger partial charge >= 0.3 is 12.1 Å². The highest BCUT2D eigenvalue weighted by atomic mass is 19.4. The molecule has 0 fully saturated rings. The molecule has 1 aromatic heterocycles. The van der Waals surface area contributed by atoms with Crippen LogP contribution < -0.4 is 0 Å². The van der Waals surface area contributed by atoms with Crippen molar-refractivity contribution in [2.75, 3.05) is 13.6 Å². The van der Waals surface area contributed by atoms with Gasteiger partial charge in [-0.15, -0.1) is 0 Å². The zero-order chi connectivity index (χ0) is 18.8. The van der Waals surface area contributed by atoms with E-state index < -0.39 is 41.5 Å². The third kappa shape index (κ3) is 4.14. The Kier molecular flexibility index (Phi) is 5.10. The second kappa shape index (κ2) is 6.91. The van der Waals surface area contributed by atoms with Crippen LogP contribution in [0.2, 0.25) is 0 Å². The van der Waals surface area contributed by atoms with E-state index >= 15 is 0 Å². The second-order valence-corrected chi connectivity index (χ2v) is 5.16. The molecule has 6 nitrogen and oxygen atoms in total. The van der Waals surface area contributed by atoms with Crippen LogP contribution >= 0.6 is 0 Å². The topological polar surface area (TPSA) is 75.4 Å². The molecule has 1 aromatic carbocycles. The predicted octanol–water partition coefficient (Wildman–Crippen LogP) is 2.58. The Morgan fingerprint density at radius 2 is 1.84 bits per heavy atom. The lowest BCUT2D eigenvalue weighted by molar-refractivity contribution is -0.143. The number of carboxylic acids is 1. The first-order valence-electron chi connectivity index (χ1n) is 6.99. The highest BCUT2D eigenvalue weighted by Gasteiger charge is 2.41. The number of hydrogen-bond acceptors (Lipinski definition) is 3. The molecular weight excluding hydrogens is 346 g/mol. The number of rotatable bonds is 5. The molecule has 0 atom stereocenters. The normalized spacial score (nSPS) is 11.4. The molecule has 25 heavy (non-hydrogen) atoms. The first kappa shape index (κ1) is 18.4. The van der Waals surface area contributed by atoms with Gasteiger partial charge in [-0.3, -0.25) is 9.59 Å². The molecule has 0 saturated heterocycles. The summed E-state index contributed by atoms with van der Waals surface area (Å²) in [4.78, 5) is 23.7. The Balaban J connectivity index is 2.44. The molecule has 0 aliphatic rings. The summed E-state index contributed by atoms with van der Waals surface area (Å²) >= 11 is 0. The van der Waals surface area contributed by atoms with Crippen molar-refractivity contribution >= 4 is 11.9 Å². The molecule has 10 heteroatoms. The van der Waals surface area contributed by atoms with Crippen LogP contribution in [0.1, 0.15) is 22.5 Å². The molecule has 0 bridgehead atoms. The molecule has 0 aliphatic heterocycles. The highest BCUT2D eigenvalue weighted by Crippen LogP contribution is 2.34. The number of aromatic nitrogens is 2. The van der Waals surface area contributed by atoms with Crippen LogP contribution in [-0.4, -0.2) is 45.3 Å². The third-order valence-electron chi connectivity index (χ3n) is 3.35. The minimum absolute atomic E-state index is 0.0686. The maximum atomic E-state index is 13.4. The number of carboxylic acid groups (broad SMARTS) is 1. The van der Waals surface area contributed by atoms with Crippen LogP contribution in [0.3, 0.4) is 0 Å². The van der Waals surface area contributed by atoms with Crippen molar-refractivity contribution in [1.29, 1.82) is 0 Å². The summed E-state index contributed by atoms with van der Waals surface area (Å²) in [5.41, 5.74) is -2.10. The smallest absolute Gasteiger partial charge is 0.434 e. The SMILES string of the molecule is CN(CCC(=O)O)C(=O)c1cnn(-c2ccc(F)cc2)c1C(F)(F)F. The lowest BCUT2D eigenvalue weighted by atomic mass is 10.2. The quantitative estimate of drug-likeness (QED) is 0.833. The van der Waals surface area contributed by atoms with Crippen LogP contribution in [0.5, 0.6) is 0 Å². The lowest BCUT2D eigenvalue weighted by Gasteiger charge is -2.17. The van der Waals surface area contributed by atoms with Crippen LogP contribution in [0.25, 0.3) is 5.69 Å². The molecule has 2 rings (SSSR count). The van der Waals surface area contributed by atoms with Gasteiger partial charge in [-0.25, -0.2) is 9.07 Å². The van der Waals surface area contributed by atoms with Gasteiger partial charge in [0, 0.05) is 13.6 Å². The first-order valence-corrected chi connectivity index (χ1v) is 6.99. The molecule has 0 saturated carbocycles. The number of benzene rings is 1. The molecule has 0 aliphatic carbocycles. The summed E-state index contributed by atoms with van der Waals surface area (Å²) in [5, 5.41) is 12.2. The Hall–Kier alpha value is -2.91. The highest BCUT2D eigenvalue weighted by molar-refractivity contribution is 5.95. The molecule has 0 radical (unpaired) electrons. The number of hydrogen-bond donors (Lipinski definition) is 1. The van der Waals surface area contributed by atoms with Crippen LogP contribution in [0.15, 0.2) is 30.5 Å². The maximum Gasteiger partial charge on any atom is 0.434 e. The zero-order valence-corrected chi connectivity index (χ0v) is 12.9. The fraction of sp³-hybridized carbons (Fsp3) is 0.267. The van der Waals surface area contributed by atoms with E-state index in [1.54, 1.807) is 0 Å². The second-order valence-electron chi connectivity index (χ2n) is 5.16. The van der Waals surface area contributed by atoms with Gasteiger partial charge in [-0.2, -0.15) is 18.3 Å². The van der Waals surface area contributed by atoms with Crippen molar-refractivity contribution < 1.29 is 32.3 Å². The average molecular weight is 359 g/mol. The van der Waals surface area contributed by atoms with Gasteiger partial charge in [-0.05, 0) is 24.3 Å². The minimum Gasteiger partial charge on any atom is -0.481 e. The van der Waals surface area contributed by atoms with Gasteiger partial charge in [-0.1, -0.05) is 0 Å². The van der Waals surface area contributed by atoms with Gasteiger partial charge in [0.15, 0.2) is 5.69 Å². The number of nitrogens with zero attached hydrogens (tertiary/aromatic N) is 3. The number of amides is 1. The van der Waals surface area contributed by atoms with Gasteiger partial charge in [0.1, 0.15) is 5.82 Å². The monoisotopic (exact) mass is 359 g/mol. The van der Waals surface area contributed by atoms with Crippen molar-refractivity contribution in [1.82, 2.24) is 14.7 Å². The number of carbonyl (C=O) groups is 2. The molecule has 1 heterocycles. The standard InChI is InChI=1S/C15H13F4N3O3/c1-21(7-6-12(23)24)14(25)11-8-20-22(13(11)15(17,18)19)10-4-2-9(16)3-5-10/h2-5,8H,6-7H2,1H3,(H,23,24). The van der Waals surface area contributed by atoms with Crippen molar-refractivity contribution in [2.24, 2.45) is 0 Å². The Bertz CT molecular complexity index is 784. The van der Waals surface area contributed by atoms with Crippen molar-refractivity contribution in [3.05, 3.63) is 47.5 Å². The summed E-state index contributed by atoms with van der Waals surface area (Å²) in [6.07, 6.45) is -4.55. The van der Waals surface area contributed by atoms with Crippen molar-refractivity contribution in [3.63, 3.8) is 0 Å².